The van der Waals surface area contributed by atoms with Gasteiger partial charge in [-0.15, -0.1) is 0 Å². The van der Waals surface area contributed by atoms with Crippen LogP contribution in [0.2, 0.25) is 0 Å². The van der Waals surface area contributed by atoms with Gasteiger partial charge in [-0.3, -0.25) is 38.0 Å². The van der Waals surface area contributed by atoms with Crippen molar-refractivity contribution in [2.75, 3.05) is 76.2 Å². The second-order valence-corrected chi connectivity index (χ2v) is 20.7. The molecule has 5 aliphatic rings. The molecule has 0 saturated carbocycles. The third-order valence-electron chi connectivity index (χ3n) is 16.1. The molecular weight excluding hydrogens is 923 g/mol. The van der Waals surface area contributed by atoms with E-state index in [1.165, 1.54) is 7.05 Å². The predicted octanol–water partition coefficient (Wildman–Crippen LogP) is 5.92. The standard InChI is InChI=1S/C56H67N9O5.CH2O2/c1-36-9-13-42(59-43-33-57-34-43)31-48(36)53(67)58-37(2)45-15-12-40(46-7-5-6-8-47(45)46)11-10-38-19-25-62(26-20-38)35-39-21-27-64(28-22-39)54(68)41-23-29-63(30-24-41)44-14-16-49-51(32-44)60(3)56(70)65(49)50-17-18-52(66)61(4)55(50)69;2-1-3/h5-9,12-16,31-32,37-39,41,43,50,57,59H,17-30,33-35H2,1-4H3,(H,58,67);1H,(H,2,3)/t37-,50?;/m1./s1. The third-order valence-corrected chi connectivity index (χ3v) is 16.1. The molecule has 4 amide bonds. The molecule has 4 N–H and O–H groups in total. The number of anilines is 2. The van der Waals surface area contributed by atoms with E-state index >= 15 is 0 Å². The average molecular weight is 992 g/mol. The van der Waals surface area contributed by atoms with E-state index in [1.807, 2.05) is 43.3 Å². The minimum Gasteiger partial charge on any atom is -0.483 e. The van der Waals surface area contributed by atoms with Crippen molar-refractivity contribution < 1.29 is 29.1 Å². The molecule has 384 valence electrons. The lowest BCUT2D eigenvalue weighted by atomic mass is 9.90. The number of piperidine rings is 4. The monoisotopic (exact) mass is 992 g/mol. The third kappa shape index (κ3) is 11.0. The Kier molecular flexibility index (Phi) is 15.7. The van der Waals surface area contributed by atoms with Crippen molar-refractivity contribution in [3.05, 3.63) is 106 Å². The van der Waals surface area contributed by atoms with E-state index in [0.29, 0.717) is 41.3 Å². The summed E-state index contributed by atoms with van der Waals surface area (Å²) in [6.07, 6.45) is 6.30. The molecule has 5 saturated heterocycles. The molecular formula is C57H69N9O7. The van der Waals surface area contributed by atoms with Crippen LogP contribution in [0.3, 0.4) is 0 Å². The summed E-state index contributed by atoms with van der Waals surface area (Å²) in [5.74, 6) is 7.80. The predicted molar refractivity (Wildman–Crippen MR) is 283 cm³/mol. The van der Waals surface area contributed by atoms with Gasteiger partial charge in [-0.05, 0) is 136 Å². The fraction of sp³-hybridized carbons (Fsp3) is 0.474. The van der Waals surface area contributed by atoms with Gasteiger partial charge < -0.3 is 35.8 Å². The fourth-order valence-electron chi connectivity index (χ4n) is 11.5. The number of hydrogen-bond donors (Lipinski definition) is 4. The second-order valence-electron chi connectivity index (χ2n) is 20.7. The molecule has 16 heteroatoms. The number of carbonyl (C=O) groups excluding carboxylic acids is 4. The number of nitrogens with zero attached hydrogens (tertiary/aromatic N) is 6. The summed E-state index contributed by atoms with van der Waals surface area (Å²) in [4.78, 5) is 82.4. The van der Waals surface area contributed by atoms with Crippen LogP contribution in [-0.2, 0) is 26.2 Å². The van der Waals surface area contributed by atoms with Crippen molar-refractivity contribution >= 4 is 63.3 Å². The lowest BCUT2D eigenvalue weighted by Gasteiger charge is -2.39. The van der Waals surface area contributed by atoms with Gasteiger partial charge in [-0.25, -0.2) is 4.79 Å². The van der Waals surface area contributed by atoms with Gasteiger partial charge in [-0.2, -0.15) is 0 Å². The molecule has 0 radical (unpaired) electrons. The summed E-state index contributed by atoms with van der Waals surface area (Å²) in [5.41, 5.74) is 6.88. The highest BCUT2D eigenvalue weighted by Crippen LogP contribution is 2.33. The molecule has 2 atom stereocenters. The van der Waals surface area contributed by atoms with Crippen LogP contribution in [0.5, 0.6) is 0 Å². The molecule has 5 aliphatic heterocycles. The van der Waals surface area contributed by atoms with E-state index < -0.39 is 6.04 Å². The van der Waals surface area contributed by atoms with E-state index in [1.54, 1.807) is 16.2 Å². The number of fused-ring (bicyclic) bond motifs is 2. The van der Waals surface area contributed by atoms with Crippen LogP contribution < -0.4 is 26.5 Å². The smallest absolute Gasteiger partial charge is 0.329 e. The maximum Gasteiger partial charge on any atom is 0.329 e. The number of aryl methyl sites for hydroxylation is 2. The number of imide groups is 1. The number of hydrogen-bond acceptors (Lipinski definition) is 10. The lowest BCUT2D eigenvalue weighted by molar-refractivity contribution is -0.149. The summed E-state index contributed by atoms with van der Waals surface area (Å²) in [5, 5.41) is 19.2. The van der Waals surface area contributed by atoms with E-state index in [4.69, 9.17) is 9.90 Å². The first-order chi connectivity index (χ1) is 35.3. The zero-order valence-corrected chi connectivity index (χ0v) is 42.6. The zero-order chi connectivity index (χ0) is 51.3. The number of rotatable bonds is 10. The van der Waals surface area contributed by atoms with Crippen LogP contribution in [0.15, 0.2) is 77.6 Å². The molecule has 0 spiro atoms. The van der Waals surface area contributed by atoms with Crippen LogP contribution in [0.25, 0.3) is 21.8 Å². The van der Waals surface area contributed by atoms with Crippen LogP contribution in [0, 0.1) is 36.5 Å². The summed E-state index contributed by atoms with van der Waals surface area (Å²) >= 11 is 0. The normalized spacial score (nSPS) is 19.9. The van der Waals surface area contributed by atoms with E-state index in [9.17, 15) is 24.0 Å². The van der Waals surface area contributed by atoms with Gasteiger partial charge in [0, 0.05) is 101 Å². The van der Waals surface area contributed by atoms with Crippen molar-refractivity contribution in [2.45, 2.75) is 83.3 Å². The number of imidazole rings is 1. The molecule has 5 fully saturated rings. The van der Waals surface area contributed by atoms with E-state index in [-0.39, 0.29) is 48.3 Å². The van der Waals surface area contributed by atoms with Gasteiger partial charge in [0.05, 0.1) is 23.1 Å². The van der Waals surface area contributed by atoms with Crippen LogP contribution >= 0.6 is 0 Å². The van der Waals surface area contributed by atoms with Crippen molar-refractivity contribution in [1.29, 1.82) is 0 Å². The van der Waals surface area contributed by atoms with Crippen LogP contribution in [-0.4, -0.2) is 131 Å². The number of benzene rings is 4. The van der Waals surface area contributed by atoms with Crippen molar-refractivity contribution in [3.63, 3.8) is 0 Å². The fourth-order valence-corrected chi connectivity index (χ4v) is 11.5. The van der Waals surface area contributed by atoms with E-state index in [2.05, 4.69) is 85.8 Å². The van der Waals surface area contributed by atoms with Crippen molar-refractivity contribution in [2.24, 2.45) is 24.8 Å². The molecule has 0 aliphatic carbocycles. The zero-order valence-electron chi connectivity index (χ0n) is 42.6. The highest BCUT2D eigenvalue weighted by molar-refractivity contribution is 6.00. The Balaban J connectivity index is 0.00000214. The van der Waals surface area contributed by atoms with Gasteiger partial charge in [0.25, 0.3) is 18.3 Å². The molecule has 6 heterocycles. The molecule has 4 aromatic carbocycles. The summed E-state index contributed by atoms with van der Waals surface area (Å²) in [6.45, 7) is 12.0. The summed E-state index contributed by atoms with van der Waals surface area (Å²) in [7, 11) is 3.21. The maximum absolute atomic E-state index is 13.8. The molecule has 73 heavy (non-hydrogen) atoms. The Labute approximate surface area is 427 Å². The largest absolute Gasteiger partial charge is 0.483 e. The van der Waals surface area contributed by atoms with E-state index in [0.717, 1.165) is 147 Å². The van der Waals surface area contributed by atoms with Gasteiger partial charge in [0.1, 0.15) is 6.04 Å². The van der Waals surface area contributed by atoms with Crippen molar-refractivity contribution in [3.8, 4) is 11.8 Å². The molecule has 1 unspecified atom stereocenters. The minimum atomic E-state index is -0.698. The number of aromatic nitrogens is 2. The molecule has 1 aromatic heterocycles. The SMILES string of the molecule is Cc1ccc(NC2CNC2)cc1C(=O)N[C@H](C)c1ccc(C#CC2CCN(CC3CCN(C(=O)C4CCN(c5ccc6c(c5)n(C)c(=O)n6C5CCC(=O)N(C)C5=O)CC4)CC3)CC2)c2ccccc12.O=CO. The Hall–Kier alpha value is -6.96. The Bertz CT molecular complexity index is 3000. The topological polar surface area (TPSA) is 182 Å². The Morgan fingerprint density at radius 2 is 1.55 bits per heavy atom. The average Bonchev–Trinajstić information content (AvgIpc) is 3.64. The first-order valence-electron chi connectivity index (χ1n) is 26.1. The van der Waals surface area contributed by atoms with Crippen molar-refractivity contribution in [1.82, 2.24) is 34.5 Å². The highest BCUT2D eigenvalue weighted by atomic mass is 16.3. The number of likely N-dealkylation sites (N-methyl/N-ethyl adjacent to an activating group) is 1. The van der Waals surface area contributed by atoms with Gasteiger partial charge >= 0.3 is 5.69 Å². The number of carboxylic acid groups (broad SMARTS) is 1. The van der Waals surface area contributed by atoms with Crippen LogP contribution in [0.4, 0.5) is 11.4 Å². The molecule has 16 nitrogen and oxygen atoms in total. The van der Waals surface area contributed by atoms with Gasteiger partial charge in [0.2, 0.25) is 11.8 Å². The number of carbonyl (C=O) groups is 5. The van der Waals surface area contributed by atoms with Crippen LogP contribution in [0.1, 0.15) is 97.4 Å². The lowest BCUT2D eigenvalue weighted by Crippen LogP contribution is -2.51. The number of nitrogens with one attached hydrogen (secondary N) is 3. The molecule has 10 rings (SSSR count). The second kappa shape index (κ2) is 22.4. The maximum atomic E-state index is 13.8. The Morgan fingerprint density at radius 1 is 0.836 bits per heavy atom. The van der Waals surface area contributed by atoms with Gasteiger partial charge in [-0.1, -0.05) is 48.2 Å². The quantitative estimate of drug-likeness (QED) is 0.0742. The number of likely N-dealkylation sites (tertiary alicyclic amines) is 3. The summed E-state index contributed by atoms with van der Waals surface area (Å²) in [6, 6.07) is 24.1. The van der Waals surface area contributed by atoms with Gasteiger partial charge in [0.15, 0.2) is 0 Å². The highest BCUT2D eigenvalue weighted by Gasteiger charge is 2.36. The molecule has 0 bridgehead atoms. The first-order valence-corrected chi connectivity index (χ1v) is 26.1. The summed E-state index contributed by atoms with van der Waals surface area (Å²) < 4.78 is 3.13. The first kappa shape index (κ1) is 51.0. The molecule has 5 aromatic rings. The number of amides is 4. The minimum absolute atomic E-state index is 0.0156. The Morgan fingerprint density at radius 3 is 2.25 bits per heavy atom.